The average molecular weight is 271 g/mol. The Balaban J connectivity index is 2.17. The molecule has 6 nitrogen and oxygen atoms in total. The number of nitrogens with one attached hydrogen (secondary N) is 1. The molecule has 0 aliphatic carbocycles. The molecule has 0 aliphatic rings. The van der Waals surface area contributed by atoms with E-state index in [4.69, 9.17) is 15.7 Å². The number of nitriles is 1. The highest BCUT2D eigenvalue weighted by Gasteiger charge is 2.12. The third-order valence-corrected chi connectivity index (χ3v) is 2.84. The maximum atomic E-state index is 9.16. The van der Waals surface area contributed by atoms with E-state index in [1.807, 2.05) is 31.2 Å². The summed E-state index contributed by atoms with van der Waals surface area (Å²) in [6, 6.07) is 9.64. The van der Waals surface area contributed by atoms with Crippen LogP contribution in [0.2, 0.25) is 0 Å². The van der Waals surface area contributed by atoms with Crippen LogP contribution in [0, 0.1) is 18.3 Å². The van der Waals surface area contributed by atoms with Crippen molar-refractivity contribution >= 4 is 11.5 Å². The zero-order chi connectivity index (χ0) is 14.5. The second-order valence-corrected chi connectivity index (χ2v) is 4.33. The molecule has 104 valence electrons. The van der Waals surface area contributed by atoms with Crippen LogP contribution in [0.5, 0.6) is 5.75 Å². The van der Waals surface area contributed by atoms with Crippen molar-refractivity contribution in [1.82, 2.24) is 9.78 Å². The van der Waals surface area contributed by atoms with E-state index in [-0.39, 0.29) is 0 Å². The number of benzene rings is 1. The molecule has 6 heteroatoms. The maximum absolute atomic E-state index is 9.16. The van der Waals surface area contributed by atoms with E-state index in [9.17, 15) is 0 Å². The summed E-state index contributed by atoms with van der Waals surface area (Å²) < 4.78 is 7.07. The van der Waals surface area contributed by atoms with Crippen molar-refractivity contribution in [1.29, 1.82) is 5.26 Å². The average Bonchev–Trinajstić information content (AvgIpc) is 2.72. The highest BCUT2D eigenvalue weighted by atomic mass is 16.5. The monoisotopic (exact) mass is 271 g/mol. The lowest BCUT2D eigenvalue weighted by Crippen LogP contribution is -2.10. The molecule has 0 fully saturated rings. The van der Waals surface area contributed by atoms with Crippen LogP contribution in [0.3, 0.4) is 0 Å². The topological polar surface area (TPSA) is 88.9 Å². The number of anilines is 2. The van der Waals surface area contributed by atoms with E-state index in [1.165, 1.54) is 0 Å². The fourth-order valence-electron chi connectivity index (χ4n) is 1.88. The zero-order valence-electron chi connectivity index (χ0n) is 11.6. The highest BCUT2D eigenvalue weighted by Crippen LogP contribution is 2.23. The Kier molecular flexibility index (Phi) is 4.23. The third-order valence-electron chi connectivity index (χ3n) is 2.84. The first-order valence-corrected chi connectivity index (χ1v) is 6.29. The van der Waals surface area contributed by atoms with Gasteiger partial charge in [0.1, 0.15) is 29.8 Å². The van der Waals surface area contributed by atoms with Gasteiger partial charge in [0.2, 0.25) is 0 Å². The molecular weight excluding hydrogens is 254 g/mol. The smallest absolute Gasteiger partial charge is 0.146 e. The van der Waals surface area contributed by atoms with Crippen LogP contribution in [-0.4, -0.2) is 22.9 Å². The molecule has 0 radical (unpaired) electrons. The van der Waals surface area contributed by atoms with E-state index in [2.05, 4.69) is 16.5 Å². The Hall–Kier alpha value is -2.52. The summed E-state index contributed by atoms with van der Waals surface area (Å²) >= 11 is 0. The van der Waals surface area contributed by atoms with Crippen LogP contribution in [0.1, 0.15) is 11.3 Å². The van der Waals surface area contributed by atoms with Crippen molar-refractivity contribution in [3.63, 3.8) is 0 Å². The Labute approximate surface area is 117 Å². The summed E-state index contributed by atoms with van der Waals surface area (Å²) in [4.78, 5) is 0. The van der Waals surface area contributed by atoms with Crippen LogP contribution in [0.25, 0.3) is 0 Å². The summed E-state index contributed by atoms with van der Waals surface area (Å²) in [5, 5.41) is 16.6. The largest absolute Gasteiger partial charge is 0.492 e. The lowest BCUT2D eigenvalue weighted by Gasteiger charge is -2.09. The molecule has 0 bridgehead atoms. The number of rotatable bonds is 5. The number of hydrogen-bond acceptors (Lipinski definition) is 5. The molecule has 20 heavy (non-hydrogen) atoms. The van der Waals surface area contributed by atoms with E-state index < -0.39 is 0 Å². The molecule has 1 aromatic heterocycles. The van der Waals surface area contributed by atoms with Gasteiger partial charge >= 0.3 is 0 Å². The lowest BCUT2D eigenvalue weighted by atomic mass is 10.2. The van der Waals surface area contributed by atoms with Crippen molar-refractivity contribution in [2.75, 3.05) is 18.5 Å². The molecule has 1 heterocycles. The molecule has 0 saturated carbocycles. The normalized spacial score (nSPS) is 10.1. The van der Waals surface area contributed by atoms with Gasteiger partial charge in [0, 0.05) is 19.3 Å². The van der Waals surface area contributed by atoms with E-state index in [1.54, 1.807) is 11.7 Å². The molecule has 0 spiro atoms. The summed E-state index contributed by atoms with van der Waals surface area (Å²) in [6.07, 6.45) is 0. The quantitative estimate of drug-likeness (QED) is 0.863. The van der Waals surface area contributed by atoms with Crippen molar-refractivity contribution in [3.8, 4) is 11.8 Å². The number of hydrogen-bond donors (Lipinski definition) is 2. The summed E-state index contributed by atoms with van der Waals surface area (Å²) in [5.41, 5.74) is 7.51. The molecule has 2 aromatic rings. The van der Waals surface area contributed by atoms with Gasteiger partial charge in [0.05, 0.1) is 5.69 Å². The minimum atomic E-state index is 0.486. The number of aromatic nitrogens is 2. The van der Waals surface area contributed by atoms with Crippen molar-refractivity contribution in [3.05, 3.63) is 35.5 Å². The Bertz CT molecular complexity index is 624. The fraction of sp³-hybridized carbons (Fsp3) is 0.286. The van der Waals surface area contributed by atoms with Crippen LogP contribution in [0.15, 0.2) is 24.3 Å². The van der Waals surface area contributed by atoms with Crippen LogP contribution < -0.4 is 15.8 Å². The van der Waals surface area contributed by atoms with E-state index in [0.717, 1.165) is 11.4 Å². The maximum Gasteiger partial charge on any atom is 0.146 e. The standard InChI is InChI=1S/C14H17N5O/c1-10-13(9-16)14(19(2)18-10)17-11-3-5-12(6-4-11)20-8-7-15/h3-6,17H,7-8,15H2,1-2H3. The van der Waals surface area contributed by atoms with Crippen LogP contribution in [-0.2, 0) is 7.05 Å². The first kappa shape index (κ1) is 13.9. The first-order valence-electron chi connectivity index (χ1n) is 6.29. The van der Waals surface area contributed by atoms with Gasteiger partial charge in [-0.3, -0.25) is 4.68 Å². The molecule has 2 rings (SSSR count). The first-order chi connectivity index (χ1) is 9.65. The van der Waals surface area contributed by atoms with Gasteiger partial charge in [-0.15, -0.1) is 0 Å². The predicted octanol–water partition coefficient (Wildman–Crippen LogP) is 1.68. The summed E-state index contributed by atoms with van der Waals surface area (Å²) in [7, 11) is 1.80. The van der Waals surface area contributed by atoms with E-state index in [0.29, 0.717) is 30.2 Å². The zero-order valence-corrected chi connectivity index (χ0v) is 11.6. The van der Waals surface area contributed by atoms with Crippen molar-refractivity contribution < 1.29 is 4.74 Å². The molecular formula is C14H17N5O. The molecule has 0 saturated heterocycles. The molecule has 0 atom stereocenters. The van der Waals surface area contributed by atoms with Gasteiger partial charge in [-0.1, -0.05) is 0 Å². The number of nitrogens with zero attached hydrogens (tertiary/aromatic N) is 3. The fourth-order valence-corrected chi connectivity index (χ4v) is 1.88. The van der Waals surface area contributed by atoms with Crippen molar-refractivity contribution in [2.24, 2.45) is 12.8 Å². The Morgan fingerprint density at radius 2 is 2.10 bits per heavy atom. The minimum Gasteiger partial charge on any atom is -0.492 e. The van der Waals surface area contributed by atoms with Crippen LogP contribution in [0.4, 0.5) is 11.5 Å². The van der Waals surface area contributed by atoms with Gasteiger partial charge < -0.3 is 15.8 Å². The van der Waals surface area contributed by atoms with Gasteiger partial charge in [-0.2, -0.15) is 10.4 Å². The predicted molar refractivity (Wildman–Crippen MR) is 76.9 cm³/mol. The SMILES string of the molecule is Cc1nn(C)c(Nc2ccc(OCCN)cc2)c1C#N. The lowest BCUT2D eigenvalue weighted by molar-refractivity contribution is 0.328. The van der Waals surface area contributed by atoms with Crippen LogP contribution >= 0.6 is 0 Å². The van der Waals surface area contributed by atoms with Crippen molar-refractivity contribution in [2.45, 2.75) is 6.92 Å². The minimum absolute atomic E-state index is 0.486. The third kappa shape index (κ3) is 2.90. The number of nitrogens with two attached hydrogens (primary N) is 1. The summed E-state index contributed by atoms with van der Waals surface area (Å²) in [6.45, 7) is 2.79. The number of aryl methyl sites for hydroxylation is 2. The Morgan fingerprint density at radius 3 is 2.70 bits per heavy atom. The molecule has 0 amide bonds. The molecule has 0 aliphatic heterocycles. The number of ether oxygens (including phenoxy) is 1. The Morgan fingerprint density at radius 1 is 1.40 bits per heavy atom. The van der Waals surface area contributed by atoms with Gasteiger partial charge in [-0.05, 0) is 31.2 Å². The molecule has 1 aromatic carbocycles. The second-order valence-electron chi connectivity index (χ2n) is 4.33. The highest BCUT2D eigenvalue weighted by molar-refractivity contribution is 5.64. The van der Waals surface area contributed by atoms with Gasteiger partial charge in [0.15, 0.2) is 0 Å². The van der Waals surface area contributed by atoms with E-state index >= 15 is 0 Å². The summed E-state index contributed by atoms with van der Waals surface area (Å²) in [5.74, 6) is 1.45. The van der Waals surface area contributed by atoms with Gasteiger partial charge in [-0.25, -0.2) is 0 Å². The molecule has 0 unspecified atom stereocenters. The van der Waals surface area contributed by atoms with Gasteiger partial charge in [0.25, 0.3) is 0 Å². The second kappa shape index (κ2) is 6.08. The molecule has 3 N–H and O–H groups in total.